The smallest absolute Gasteiger partial charge is 0.0360 e. The van der Waals surface area contributed by atoms with Gasteiger partial charge in [0.15, 0.2) is 0 Å². The maximum Gasteiger partial charge on any atom is 0.0360 e. The molecule has 0 unspecified atom stereocenters. The maximum absolute atomic E-state index is 4.05. The third-order valence-corrected chi connectivity index (χ3v) is 1.85. The molecular formula is C9H10N2. The number of aromatic nitrogens is 1. The summed E-state index contributed by atoms with van der Waals surface area (Å²) in [6, 6.07) is 2.04. The first-order chi connectivity index (χ1) is 5.36. The summed E-state index contributed by atoms with van der Waals surface area (Å²) in [5.74, 6) is 0. The number of hydrogen-bond donors (Lipinski definition) is 0. The molecule has 1 aromatic rings. The first kappa shape index (κ1) is 6.40. The van der Waals surface area contributed by atoms with E-state index in [1.807, 2.05) is 18.5 Å². The summed E-state index contributed by atoms with van der Waals surface area (Å²) in [6.45, 7) is 0.997. The molecule has 2 rings (SSSR count). The van der Waals surface area contributed by atoms with Gasteiger partial charge in [-0.3, -0.25) is 4.98 Å². The first-order valence-electron chi connectivity index (χ1n) is 3.68. The van der Waals surface area contributed by atoms with Crippen molar-refractivity contribution >= 4 is 12.3 Å². The molecule has 11 heavy (non-hydrogen) atoms. The van der Waals surface area contributed by atoms with E-state index in [4.69, 9.17) is 0 Å². The molecule has 1 aliphatic heterocycles. The molecule has 1 aliphatic rings. The van der Waals surface area contributed by atoms with E-state index in [0.29, 0.717) is 0 Å². The van der Waals surface area contributed by atoms with E-state index in [-0.39, 0.29) is 0 Å². The van der Waals surface area contributed by atoms with Crippen molar-refractivity contribution in [3.05, 3.63) is 28.9 Å². The standard InChI is InChI=1S/C9H10N2/c1-11-5-3-8-2-4-10-6-9(8)7-11/h2-4,6-7H,5H2,1H3. The normalized spacial score (nSPS) is 14.8. The van der Waals surface area contributed by atoms with E-state index < -0.39 is 0 Å². The van der Waals surface area contributed by atoms with Crippen molar-refractivity contribution in [1.82, 2.24) is 9.88 Å². The molecule has 0 fully saturated rings. The van der Waals surface area contributed by atoms with Crippen LogP contribution in [0.4, 0.5) is 0 Å². The summed E-state index contributed by atoms with van der Waals surface area (Å²) in [5.41, 5.74) is 0. The van der Waals surface area contributed by atoms with Crippen LogP contribution in [0.3, 0.4) is 0 Å². The fraction of sp³-hybridized carbons (Fsp3) is 0.222. The number of nitrogens with zero attached hydrogens (tertiary/aromatic N) is 2. The van der Waals surface area contributed by atoms with Gasteiger partial charge in [-0.1, -0.05) is 6.08 Å². The number of rotatable bonds is 0. The zero-order valence-electron chi connectivity index (χ0n) is 6.49. The molecule has 0 aliphatic carbocycles. The topological polar surface area (TPSA) is 16.1 Å². The van der Waals surface area contributed by atoms with Crippen LogP contribution in [0.5, 0.6) is 0 Å². The molecule has 0 atom stereocenters. The summed E-state index contributed by atoms with van der Waals surface area (Å²) in [6.07, 6.45) is 8.04. The van der Waals surface area contributed by atoms with Crippen molar-refractivity contribution in [1.29, 1.82) is 0 Å². The lowest BCUT2D eigenvalue weighted by Gasteiger charge is -2.13. The Balaban J connectivity index is 2.73. The van der Waals surface area contributed by atoms with Crippen LogP contribution < -0.4 is 10.4 Å². The van der Waals surface area contributed by atoms with Crippen molar-refractivity contribution in [3.8, 4) is 0 Å². The van der Waals surface area contributed by atoms with Gasteiger partial charge < -0.3 is 4.90 Å². The van der Waals surface area contributed by atoms with Crippen molar-refractivity contribution in [2.45, 2.75) is 0 Å². The Morgan fingerprint density at radius 1 is 1.45 bits per heavy atom. The highest BCUT2D eigenvalue weighted by molar-refractivity contribution is 5.36. The Labute approximate surface area is 65.5 Å². The molecule has 0 bridgehead atoms. The van der Waals surface area contributed by atoms with Gasteiger partial charge >= 0.3 is 0 Å². The number of pyridine rings is 1. The Bertz CT molecular complexity index is 367. The van der Waals surface area contributed by atoms with Gasteiger partial charge in [-0.25, -0.2) is 0 Å². The lowest BCUT2D eigenvalue weighted by atomic mass is 10.2. The average Bonchev–Trinajstić information content (AvgIpc) is 2.04. The molecule has 0 aromatic carbocycles. The van der Waals surface area contributed by atoms with Crippen LogP contribution in [-0.2, 0) is 0 Å². The van der Waals surface area contributed by atoms with Crippen molar-refractivity contribution in [3.63, 3.8) is 0 Å². The van der Waals surface area contributed by atoms with E-state index in [2.05, 4.69) is 29.2 Å². The Morgan fingerprint density at radius 3 is 3.27 bits per heavy atom. The summed E-state index contributed by atoms with van der Waals surface area (Å²) < 4.78 is 0. The van der Waals surface area contributed by atoms with Crippen molar-refractivity contribution in [2.75, 3.05) is 13.6 Å². The van der Waals surface area contributed by atoms with Crippen LogP contribution >= 0.6 is 0 Å². The monoisotopic (exact) mass is 146 g/mol. The zero-order chi connectivity index (χ0) is 7.68. The highest BCUT2D eigenvalue weighted by atomic mass is 15.1. The molecule has 0 radical (unpaired) electrons. The van der Waals surface area contributed by atoms with E-state index in [0.717, 1.165) is 6.54 Å². The molecule has 0 N–H and O–H groups in total. The SMILES string of the molecule is CN1C=c2cnccc2=CC1. The summed E-state index contributed by atoms with van der Waals surface area (Å²) in [7, 11) is 2.06. The van der Waals surface area contributed by atoms with Crippen molar-refractivity contribution < 1.29 is 0 Å². The third-order valence-electron chi connectivity index (χ3n) is 1.85. The molecule has 0 saturated carbocycles. The molecular weight excluding hydrogens is 136 g/mol. The minimum absolute atomic E-state index is 0.997. The molecule has 2 nitrogen and oxygen atoms in total. The highest BCUT2D eigenvalue weighted by Gasteiger charge is 1.94. The molecule has 0 saturated heterocycles. The van der Waals surface area contributed by atoms with Gasteiger partial charge in [0.1, 0.15) is 0 Å². The lowest BCUT2D eigenvalue weighted by molar-refractivity contribution is 0.563. The highest BCUT2D eigenvalue weighted by Crippen LogP contribution is 1.85. The van der Waals surface area contributed by atoms with E-state index >= 15 is 0 Å². The van der Waals surface area contributed by atoms with Crippen LogP contribution in [0.15, 0.2) is 18.5 Å². The van der Waals surface area contributed by atoms with Gasteiger partial charge in [0.25, 0.3) is 0 Å². The van der Waals surface area contributed by atoms with Gasteiger partial charge in [0.2, 0.25) is 0 Å². The van der Waals surface area contributed by atoms with Gasteiger partial charge in [0.05, 0.1) is 0 Å². The minimum atomic E-state index is 0.997. The second kappa shape index (κ2) is 2.38. The average molecular weight is 146 g/mol. The van der Waals surface area contributed by atoms with E-state index in [1.165, 1.54) is 10.4 Å². The Kier molecular flexibility index (Phi) is 1.39. The van der Waals surface area contributed by atoms with Gasteiger partial charge in [0, 0.05) is 37.4 Å². The Hall–Kier alpha value is -1.31. The zero-order valence-corrected chi connectivity index (χ0v) is 6.49. The molecule has 56 valence electrons. The Morgan fingerprint density at radius 2 is 2.36 bits per heavy atom. The second-order valence-corrected chi connectivity index (χ2v) is 2.78. The second-order valence-electron chi connectivity index (χ2n) is 2.78. The number of hydrogen-bond acceptors (Lipinski definition) is 2. The third kappa shape index (κ3) is 1.11. The van der Waals surface area contributed by atoms with Crippen molar-refractivity contribution in [2.24, 2.45) is 0 Å². The first-order valence-corrected chi connectivity index (χ1v) is 3.68. The van der Waals surface area contributed by atoms with E-state index in [9.17, 15) is 0 Å². The van der Waals surface area contributed by atoms with Gasteiger partial charge in [-0.15, -0.1) is 0 Å². The summed E-state index contributed by atoms with van der Waals surface area (Å²) in [5, 5.41) is 2.50. The molecule has 2 heterocycles. The summed E-state index contributed by atoms with van der Waals surface area (Å²) >= 11 is 0. The fourth-order valence-corrected chi connectivity index (χ4v) is 1.24. The predicted molar refractivity (Wildman–Crippen MR) is 45.0 cm³/mol. The van der Waals surface area contributed by atoms with Crippen LogP contribution in [0.25, 0.3) is 12.3 Å². The van der Waals surface area contributed by atoms with Crippen LogP contribution in [0.1, 0.15) is 0 Å². The van der Waals surface area contributed by atoms with Gasteiger partial charge in [-0.2, -0.15) is 0 Å². The maximum atomic E-state index is 4.05. The molecule has 1 aromatic heterocycles. The van der Waals surface area contributed by atoms with Crippen LogP contribution in [0, 0.1) is 0 Å². The number of fused-ring (bicyclic) bond motifs is 1. The summed E-state index contributed by atoms with van der Waals surface area (Å²) in [4.78, 5) is 6.20. The van der Waals surface area contributed by atoms with Crippen LogP contribution in [0.2, 0.25) is 0 Å². The largest absolute Gasteiger partial charge is 0.376 e. The quantitative estimate of drug-likeness (QED) is 0.492. The minimum Gasteiger partial charge on any atom is -0.376 e. The molecule has 2 heteroatoms. The van der Waals surface area contributed by atoms with E-state index in [1.54, 1.807) is 0 Å². The fourth-order valence-electron chi connectivity index (χ4n) is 1.24. The van der Waals surface area contributed by atoms with Gasteiger partial charge in [-0.05, 0) is 11.3 Å². The molecule has 0 spiro atoms. The molecule has 0 amide bonds. The predicted octanol–water partition coefficient (Wildman–Crippen LogP) is -0.455. The lowest BCUT2D eigenvalue weighted by Crippen LogP contribution is -2.33. The van der Waals surface area contributed by atoms with Crippen LogP contribution in [-0.4, -0.2) is 23.5 Å².